The van der Waals surface area contributed by atoms with Gasteiger partial charge in [0, 0.05) is 12.1 Å². The fourth-order valence-electron chi connectivity index (χ4n) is 3.81. The monoisotopic (exact) mass is 289 g/mol. The Bertz CT molecular complexity index is 506. The Morgan fingerprint density at radius 2 is 1.86 bits per heavy atom. The molecule has 1 saturated carbocycles. The summed E-state index contributed by atoms with van der Waals surface area (Å²) < 4.78 is 0. The molecule has 2 unspecified atom stereocenters. The number of hydrogen-bond acceptors (Lipinski definition) is 2. The number of carbonyl (C=O) groups excluding carboxylic acids is 1. The van der Waals surface area contributed by atoms with Gasteiger partial charge in [-0.1, -0.05) is 38.5 Å². The molecular weight excluding hydrogens is 262 g/mol. The number of aryl methyl sites for hydroxylation is 1. The molecule has 3 nitrogen and oxygen atoms in total. The molecule has 2 rings (SSSR count). The Morgan fingerprint density at radius 3 is 2.43 bits per heavy atom. The quantitative estimate of drug-likeness (QED) is 0.897. The number of amides is 1. The van der Waals surface area contributed by atoms with Gasteiger partial charge in [-0.3, -0.25) is 4.79 Å². The van der Waals surface area contributed by atoms with Gasteiger partial charge in [0.05, 0.1) is 6.10 Å². The van der Waals surface area contributed by atoms with Crippen molar-refractivity contribution in [3.8, 4) is 0 Å². The van der Waals surface area contributed by atoms with Crippen LogP contribution in [0.4, 0.5) is 0 Å². The molecule has 2 atom stereocenters. The lowest BCUT2D eigenvalue weighted by molar-refractivity contribution is -0.00839. The van der Waals surface area contributed by atoms with Crippen LogP contribution in [0.25, 0.3) is 0 Å². The second-order valence-corrected chi connectivity index (χ2v) is 7.76. The molecule has 0 saturated heterocycles. The molecule has 1 aliphatic rings. The molecule has 116 valence electrons. The highest BCUT2D eigenvalue weighted by Gasteiger charge is 2.40. The number of carbonyl (C=O) groups is 1. The summed E-state index contributed by atoms with van der Waals surface area (Å²) in [5.74, 6) is -0.0332. The zero-order valence-corrected chi connectivity index (χ0v) is 13.6. The van der Waals surface area contributed by atoms with Crippen molar-refractivity contribution in [1.29, 1.82) is 0 Å². The molecule has 0 spiro atoms. The molecule has 21 heavy (non-hydrogen) atoms. The highest BCUT2D eigenvalue weighted by atomic mass is 16.3. The number of benzene rings is 1. The van der Waals surface area contributed by atoms with Crippen LogP contribution >= 0.6 is 0 Å². The lowest BCUT2D eigenvalue weighted by Crippen LogP contribution is -2.45. The minimum absolute atomic E-state index is 0.0332. The van der Waals surface area contributed by atoms with E-state index >= 15 is 0 Å². The third-order valence-corrected chi connectivity index (χ3v) is 4.41. The third-order valence-electron chi connectivity index (χ3n) is 4.41. The first-order chi connectivity index (χ1) is 9.69. The van der Waals surface area contributed by atoms with Crippen molar-refractivity contribution in [2.75, 3.05) is 6.54 Å². The lowest BCUT2D eigenvalue weighted by atomic mass is 9.63. The van der Waals surface area contributed by atoms with Crippen LogP contribution in [-0.2, 0) is 0 Å². The first-order valence-corrected chi connectivity index (χ1v) is 7.72. The first kappa shape index (κ1) is 16.0. The van der Waals surface area contributed by atoms with Crippen molar-refractivity contribution in [2.24, 2.45) is 10.8 Å². The van der Waals surface area contributed by atoms with Crippen molar-refractivity contribution in [3.63, 3.8) is 0 Å². The van der Waals surface area contributed by atoms with Crippen molar-refractivity contribution in [1.82, 2.24) is 5.32 Å². The highest BCUT2D eigenvalue weighted by molar-refractivity contribution is 5.94. The van der Waals surface area contributed by atoms with Crippen LogP contribution in [0, 0.1) is 17.8 Å². The van der Waals surface area contributed by atoms with Gasteiger partial charge in [-0.15, -0.1) is 0 Å². The van der Waals surface area contributed by atoms with E-state index < -0.39 is 0 Å². The number of aliphatic hydroxyl groups is 1. The summed E-state index contributed by atoms with van der Waals surface area (Å²) in [6, 6.07) is 7.60. The first-order valence-electron chi connectivity index (χ1n) is 7.72. The second-order valence-electron chi connectivity index (χ2n) is 7.76. The van der Waals surface area contributed by atoms with Gasteiger partial charge in [-0.25, -0.2) is 0 Å². The van der Waals surface area contributed by atoms with Crippen LogP contribution in [0.5, 0.6) is 0 Å². The fraction of sp³-hybridized carbons (Fsp3) is 0.611. The van der Waals surface area contributed by atoms with Crippen molar-refractivity contribution in [3.05, 3.63) is 35.4 Å². The summed E-state index contributed by atoms with van der Waals surface area (Å²) in [7, 11) is 0. The molecule has 2 N–H and O–H groups in total. The maximum absolute atomic E-state index is 12.2. The van der Waals surface area contributed by atoms with E-state index in [0.717, 1.165) is 24.8 Å². The van der Waals surface area contributed by atoms with E-state index in [2.05, 4.69) is 26.1 Å². The molecule has 0 aromatic heterocycles. The van der Waals surface area contributed by atoms with Gasteiger partial charge < -0.3 is 10.4 Å². The third kappa shape index (κ3) is 4.31. The number of hydrogen-bond donors (Lipinski definition) is 2. The molecule has 1 aromatic rings. The van der Waals surface area contributed by atoms with Crippen LogP contribution in [0.2, 0.25) is 0 Å². The maximum Gasteiger partial charge on any atom is 0.251 e. The number of rotatable bonds is 3. The Hall–Kier alpha value is -1.35. The minimum Gasteiger partial charge on any atom is -0.393 e. The Morgan fingerprint density at radius 1 is 1.24 bits per heavy atom. The van der Waals surface area contributed by atoms with Crippen LogP contribution in [0.15, 0.2) is 24.3 Å². The molecule has 0 bridgehead atoms. The van der Waals surface area contributed by atoms with Gasteiger partial charge in [0.25, 0.3) is 5.91 Å². The number of nitrogens with one attached hydrogen (secondary N) is 1. The topological polar surface area (TPSA) is 49.3 Å². The van der Waals surface area contributed by atoms with Crippen LogP contribution in [-0.4, -0.2) is 23.7 Å². The summed E-state index contributed by atoms with van der Waals surface area (Å²) in [6.07, 6.45) is 2.35. The largest absolute Gasteiger partial charge is 0.393 e. The minimum atomic E-state index is -0.268. The predicted octanol–water partition coefficient (Wildman–Crippen LogP) is 3.30. The molecule has 0 aliphatic heterocycles. The zero-order valence-electron chi connectivity index (χ0n) is 13.6. The van der Waals surface area contributed by atoms with E-state index in [4.69, 9.17) is 0 Å². The molecule has 3 heteroatoms. The van der Waals surface area contributed by atoms with Crippen LogP contribution < -0.4 is 5.32 Å². The molecule has 1 amide bonds. The summed E-state index contributed by atoms with van der Waals surface area (Å²) in [4.78, 5) is 12.2. The molecule has 1 fully saturated rings. The van der Waals surface area contributed by atoms with E-state index in [9.17, 15) is 9.90 Å². The average Bonchev–Trinajstić information content (AvgIpc) is 2.34. The van der Waals surface area contributed by atoms with E-state index in [1.54, 1.807) is 0 Å². The smallest absolute Gasteiger partial charge is 0.251 e. The molecule has 0 radical (unpaired) electrons. The Balaban J connectivity index is 1.98. The Kier molecular flexibility index (Phi) is 4.43. The predicted molar refractivity (Wildman–Crippen MR) is 85.3 cm³/mol. The van der Waals surface area contributed by atoms with Gasteiger partial charge in [-0.05, 0) is 49.1 Å². The summed E-state index contributed by atoms with van der Waals surface area (Å²) in [5.41, 5.74) is 1.93. The fourth-order valence-corrected chi connectivity index (χ4v) is 3.81. The lowest BCUT2D eigenvalue weighted by Gasteiger charge is -2.45. The standard InChI is InChI=1S/C18H27NO2/c1-13-5-7-14(8-6-13)16(21)19-12-18(4)10-15(20)9-17(2,3)11-18/h5-8,15,20H,9-12H2,1-4H3,(H,19,21). The highest BCUT2D eigenvalue weighted by Crippen LogP contribution is 2.45. The maximum atomic E-state index is 12.2. The van der Waals surface area contributed by atoms with E-state index in [1.807, 2.05) is 31.2 Å². The average molecular weight is 289 g/mol. The molecule has 0 heterocycles. The van der Waals surface area contributed by atoms with E-state index in [1.165, 1.54) is 0 Å². The summed E-state index contributed by atoms with van der Waals surface area (Å²) >= 11 is 0. The molecule has 1 aromatic carbocycles. The van der Waals surface area contributed by atoms with Gasteiger partial charge in [0.1, 0.15) is 0 Å². The number of aliphatic hydroxyl groups excluding tert-OH is 1. The van der Waals surface area contributed by atoms with E-state index in [-0.39, 0.29) is 22.8 Å². The van der Waals surface area contributed by atoms with Crippen molar-refractivity contribution in [2.45, 2.75) is 53.1 Å². The normalized spacial score (nSPS) is 28.1. The second kappa shape index (κ2) is 5.80. The molecule has 1 aliphatic carbocycles. The van der Waals surface area contributed by atoms with E-state index in [0.29, 0.717) is 12.1 Å². The SMILES string of the molecule is Cc1ccc(C(=O)NCC2(C)CC(O)CC(C)(C)C2)cc1. The van der Waals surface area contributed by atoms with Crippen molar-refractivity contribution >= 4 is 5.91 Å². The van der Waals surface area contributed by atoms with Gasteiger partial charge in [0.15, 0.2) is 0 Å². The van der Waals surface area contributed by atoms with Crippen LogP contribution in [0.1, 0.15) is 56.0 Å². The summed E-state index contributed by atoms with van der Waals surface area (Å²) in [6.45, 7) is 9.16. The Labute approximate surface area is 127 Å². The van der Waals surface area contributed by atoms with Gasteiger partial charge in [-0.2, -0.15) is 0 Å². The van der Waals surface area contributed by atoms with Crippen molar-refractivity contribution < 1.29 is 9.90 Å². The zero-order chi connectivity index (χ0) is 15.7. The molecular formula is C18H27NO2. The summed E-state index contributed by atoms with van der Waals surface area (Å²) in [5, 5.41) is 13.1. The van der Waals surface area contributed by atoms with Gasteiger partial charge >= 0.3 is 0 Å². The van der Waals surface area contributed by atoms with Gasteiger partial charge in [0.2, 0.25) is 0 Å². The van der Waals surface area contributed by atoms with Crippen LogP contribution in [0.3, 0.4) is 0 Å².